The first-order chi connectivity index (χ1) is 28.3. The van der Waals surface area contributed by atoms with E-state index in [1.54, 1.807) is 0 Å². The Morgan fingerprint density at radius 1 is 0.456 bits per heavy atom. The number of hydrogen-bond donors (Lipinski definition) is 0. The molecule has 8 aromatic carbocycles. The number of amidine groups is 1. The van der Waals surface area contributed by atoms with Gasteiger partial charge >= 0.3 is 0 Å². The van der Waals surface area contributed by atoms with Crippen molar-refractivity contribution in [3.8, 4) is 16.8 Å². The van der Waals surface area contributed by atoms with Crippen molar-refractivity contribution in [3.05, 3.63) is 211 Å². The van der Waals surface area contributed by atoms with E-state index in [2.05, 4.69) is 192 Å². The Kier molecular flexibility index (Phi) is 7.92. The normalized spacial score (nSPS) is 16.2. The second-order valence-electron chi connectivity index (χ2n) is 14.7. The number of nitrogens with zero attached hydrogens (tertiary/aromatic N) is 4. The summed E-state index contributed by atoms with van der Waals surface area (Å²) in [6.07, 6.45) is 7.70. The molecule has 2 aromatic heterocycles. The van der Waals surface area contributed by atoms with Gasteiger partial charge in [-0.25, -0.2) is 9.98 Å². The number of hydrogen-bond acceptors (Lipinski definition) is 3. The molecule has 0 radical (unpaired) electrons. The second-order valence-corrected chi connectivity index (χ2v) is 14.7. The van der Waals surface area contributed by atoms with E-state index in [0.717, 1.165) is 68.7 Å². The molecule has 4 heteroatoms. The third-order valence-corrected chi connectivity index (χ3v) is 11.4. The average molecular weight is 729 g/mol. The maximum Gasteiger partial charge on any atom is 0.160 e. The number of aliphatic imine (C=N–C) groups is 2. The van der Waals surface area contributed by atoms with Crippen LogP contribution in [-0.2, 0) is 0 Å². The molecule has 268 valence electrons. The molecule has 57 heavy (non-hydrogen) atoms. The Morgan fingerprint density at radius 3 is 2.04 bits per heavy atom. The Hall–Kier alpha value is -7.43. The minimum Gasteiger partial charge on any atom is -0.309 e. The monoisotopic (exact) mass is 728 g/mol. The Bertz CT molecular complexity index is 3280. The van der Waals surface area contributed by atoms with E-state index < -0.39 is 0 Å². The summed E-state index contributed by atoms with van der Waals surface area (Å²) in [5, 5.41) is 9.55. The Morgan fingerprint density at radius 2 is 1.16 bits per heavy atom. The number of rotatable bonds is 5. The lowest BCUT2D eigenvalue weighted by Gasteiger charge is -2.17. The lowest BCUT2D eigenvalue weighted by atomic mass is 9.91. The number of pyridine rings is 1. The predicted molar refractivity (Wildman–Crippen MR) is 240 cm³/mol. The molecule has 0 fully saturated rings. The molecule has 3 heterocycles. The molecule has 0 spiro atoms. The van der Waals surface area contributed by atoms with Crippen LogP contribution in [0.25, 0.3) is 76.6 Å². The molecule has 0 N–H and O–H groups in total. The van der Waals surface area contributed by atoms with E-state index in [9.17, 15) is 0 Å². The molecule has 1 aliphatic heterocycles. The van der Waals surface area contributed by atoms with E-state index in [-0.39, 0.29) is 0 Å². The van der Waals surface area contributed by atoms with Gasteiger partial charge in [0.1, 0.15) is 0 Å². The van der Waals surface area contributed by atoms with E-state index in [1.807, 2.05) is 12.4 Å². The van der Waals surface area contributed by atoms with Gasteiger partial charge in [-0.1, -0.05) is 140 Å². The van der Waals surface area contributed by atoms with Crippen LogP contribution in [0, 0.1) is 0 Å². The van der Waals surface area contributed by atoms with E-state index >= 15 is 0 Å². The molecular formula is C53H36N4. The fourth-order valence-electron chi connectivity index (χ4n) is 8.76. The fourth-order valence-corrected chi connectivity index (χ4v) is 8.76. The second kappa shape index (κ2) is 13.7. The summed E-state index contributed by atoms with van der Waals surface area (Å²) in [4.78, 5) is 15.6. The number of aromatic nitrogens is 2. The van der Waals surface area contributed by atoms with Gasteiger partial charge in [0.2, 0.25) is 0 Å². The molecule has 0 bridgehead atoms. The standard InChI is InChI=1S/C53H36N4/c1-3-14-35(15-4-1)36-16-11-17-37(32-36)53-55-48(44-23-12-27-51-52(44)45-22-9-10-26-50(45)57(51)39-18-5-2-6-19-39)24-13-25-49(56-53)47-33-46-40-30-31-54-34-38(40)28-29-43(46)41-20-7-8-21-42(41)47/h1-12,14-24,26-34H,13,25H2/b48-24-,55-53-,56-49+. The van der Waals surface area contributed by atoms with Gasteiger partial charge in [-0.3, -0.25) is 4.98 Å². The number of para-hydroxylation sites is 2. The van der Waals surface area contributed by atoms with Crippen LogP contribution in [0.5, 0.6) is 0 Å². The van der Waals surface area contributed by atoms with Crippen LogP contribution in [0.1, 0.15) is 29.5 Å². The van der Waals surface area contributed by atoms with Crippen LogP contribution in [0.4, 0.5) is 0 Å². The number of benzene rings is 8. The summed E-state index contributed by atoms with van der Waals surface area (Å²) in [6.45, 7) is 0. The summed E-state index contributed by atoms with van der Waals surface area (Å²) in [6, 6.07) is 62.8. The van der Waals surface area contributed by atoms with Crippen LogP contribution in [0.3, 0.4) is 0 Å². The molecule has 0 aliphatic carbocycles. The first-order valence-corrected chi connectivity index (χ1v) is 19.6. The number of fused-ring (bicyclic) bond motifs is 8. The average Bonchev–Trinajstić information content (AvgIpc) is 3.61. The maximum atomic E-state index is 5.63. The smallest absolute Gasteiger partial charge is 0.160 e. The lowest BCUT2D eigenvalue weighted by Crippen LogP contribution is -2.10. The molecule has 1 aliphatic rings. The summed E-state index contributed by atoms with van der Waals surface area (Å²) < 4.78 is 2.37. The molecule has 0 atom stereocenters. The van der Waals surface area contributed by atoms with Gasteiger partial charge in [0.25, 0.3) is 0 Å². The van der Waals surface area contributed by atoms with Gasteiger partial charge in [-0.2, -0.15) is 0 Å². The molecule has 0 unspecified atom stereocenters. The summed E-state index contributed by atoms with van der Waals surface area (Å²) in [5.41, 5.74) is 10.9. The van der Waals surface area contributed by atoms with Crippen LogP contribution >= 0.6 is 0 Å². The SMILES string of the molecule is C1=C(c2cccc3c2c2ccccc2n3-c2ccccc2)/N=C(c2cccc(-c3ccccc3)c2)\N=C(\c2cc3c4ccncc4ccc3c3ccccc23)CC\1. The third-order valence-electron chi connectivity index (χ3n) is 11.4. The quantitative estimate of drug-likeness (QED) is 0.163. The molecule has 0 saturated carbocycles. The van der Waals surface area contributed by atoms with Crippen molar-refractivity contribution in [1.82, 2.24) is 9.55 Å². The summed E-state index contributed by atoms with van der Waals surface area (Å²) >= 11 is 0. The Labute approximate surface area is 330 Å². The fraction of sp³-hybridized carbons (Fsp3) is 0.0377. The van der Waals surface area contributed by atoms with Gasteiger partial charge in [-0.05, 0) is 93.4 Å². The lowest BCUT2D eigenvalue weighted by molar-refractivity contribution is 1.09. The minimum absolute atomic E-state index is 0.698. The maximum absolute atomic E-state index is 5.63. The zero-order valence-electron chi connectivity index (χ0n) is 31.2. The largest absolute Gasteiger partial charge is 0.309 e. The third kappa shape index (κ3) is 5.65. The minimum atomic E-state index is 0.698. The molecule has 11 rings (SSSR count). The van der Waals surface area contributed by atoms with Crippen LogP contribution < -0.4 is 0 Å². The molecule has 0 saturated heterocycles. The topological polar surface area (TPSA) is 42.5 Å². The van der Waals surface area contributed by atoms with Crippen molar-refractivity contribution in [2.24, 2.45) is 9.98 Å². The highest BCUT2D eigenvalue weighted by atomic mass is 15.0. The zero-order valence-corrected chi connectivity index (χ0v) is 31.2. The van der Waals surface area contributed by atoms with Crippen molar-refractivity contribution >= 4 is 71.4 Å². The zero-order chi connectivity index (χ0) is 37.7. The van der Waals surface area contributed by atoms with Gasteiger partial charge in [0.05, 0.1) is 22.4 Å². The highest BCUT2D eigenvalue weighted by Gasteiger charge is 2.21. The first-order valence-electron chi connectivity index (χ1n) is 19.6. The number of allylic oxidation sites excluding steroid dienone is 1. The first kappa shape index (κ1) is 33.0. The van der Waals surface area contributed by atoms with Crippen molar-refractivity contribution < 1.29 is 0 Å². The van der Waals surface area contributed by atoms with Gasteiger partial charge in [0.15, 0.2) is 5.84 Å². The molecule has 4 nitrogen and oxygen atoms in total. The van der Waals surface area contributed by atoms with Crippen molar-refractivity contribution in [2.75, 3.05) is 0 Å². The van der Waals surface area contributed by atoms with Crippen LogP contribution in [-0.4, -0.2) is 21.1 Å². The van der Waals surface area contributed by atoms with E-state index in [0.29, 0.717) is 5.84 Å². The van der Waals surface area contributed by atoms with Crippen LogP contribution in [0.2, 0.25) is 0 Å². The van der Waals surface area contributed by atoms with E-state index in [4.69, 9.17) is 9.98 Å². The van der Waals surface area contributed by atoms with E-state index in [1.165, 1.54) is 43.2 Å². The van der Waals surface area contributed by atoms with Crippen molar-refractivity contribution in [3.63, 3.8) is 0 Å². The highest BCUT2D eigenvalue weighted by molar-refractivity contribution is 6.26. The molecule has 0 amide bonds. The van der Waals surface area contributed by atoms with Crippen LogP contribution in [0.15, 0.2) is 204 Å². The highest BCUT2D eigenvalue weighted by Crippen LogP contribution is 2.39. The molecular weight excluding hydrogens is 693 g/mol. The van der Waals surface area contributed by atoms with Gasteiger partial charge < -0.3 is 4.57 Å². The summed E-state index contributed by atoms with van der Waals surface area (Å²) in [7, 11) is 0. The van der Waals surface area contributed by atoms with Gasteiger partial charge in [0, 0.05) is 50.9 Å². The Balaban J connectivity index is 1.16. The molecule has 10 aromatic rings. The van der Waals surface area contributed by atoms with Gasteiger partial charge in [-0.15, -0.1) is 0 Å². The summed E-state index contributed by atoms with van der Waals surface area (Å²) in [5.74, 6) is 0.698. The predicted octanol–water partition coefficient (Wildman–Crippen LogP) is 13.4. The van der Waals surface area contributed by atoms with Crippen molar-refractivity contribution in [2.45, 2.75) is 12.8 Å². The van der Waals surface area contributed by atoms with Crippen molar-refractivity contribution in [1.29, 1.82) is 0 Å².